The van der Waals surface area contributed by atoms with E-state index in [2.05, 4.69) is 5.32 Å². The summed E-state index contributed by atoms with van der Waals surface area (Å²) in [5.41, 5.74) is 0.446. The van der Waals surface area contributed by atoms with Crippen LogP contribution >= 0.6 is 23.2 Å². The highest BCUT2D eigenvalue weighted by atomic mass is 35.5. The molecule has 1 fully saturated rings. The number of hydrogen-bond donors (Lipinski definition) is 2. The number of fused-ring (bicyclic) bond motifs is 2. The van der Waals surface area contributed by atoms with Crippen molar-refractivity contribution in [3.63, 3.8) is 0 Å². The van der Waals surface area contributed by atoms with Crippen LogP contribution in [0.15, 0.2) is 30.4 Å². The van der Waals surface area contributed by atoms with E-state index in [1.165, 1.54) is 6.07 Å². The first kappa shape index (κ1) is 14.4. The second-order valence-electron chi connectivity index (χ2n) is 5.45. The topological polar surface area (TPSA) is 66.4 Å². The lowest BCUT2D eigenvalue weighted by Crippen LogP contribution is -2.36. The third-order valence-corrected chi connectivity index (χ3v) is 4.78. The minimum Gasteiger partial charge on any atom is -0.481 e. The van der Waals surface area contributed by atoms with E-state index in [0.717, 1.165) is 6.42 Å². The van der Waals surface area contributed by atoms with Crippen LogP contribution in [0.4, 0.5) is 5.69 Å². The van der Waals surface area contributed by atoms with E-state index in [4.69, 9.17) is 23.2 Å². The number of anilines is 1. The van der Waals surface area contributed by atoms with Crippen LogP contribution < -0.4 is 5.32 Å². The van der Waals surface area contributed by atoms with Gasteiger partial charge in [-0.3, -0.25) is 9.59 Å². The number of halogens is 2. The van der Waals surface area contributed by atoms with Gasteiger partial charge in [-0.05, 0) is 36.5 Å². The summed E-state index contributed by atoms with van der Waals surface area (Å²) in [6.07, 6.45) is 4.57. The van der Waals surface area contributed by atoms with E-state index in [0.29, 0.717) is 15.7 Å². The second kappa shape index (κ2) is 5.35. The van der Waals surface area contributed by atoms with E-state index in [-0.39, 0.29) is 17.7 Å². The molecule has 2 bridgehead atoms. The van der Waals surface area contributed by atoms with E-state index in [1.807, 2.05) is 12.2 Å². The van der Waals surface area contributed by atoms with Crippen LogP contribution in [0.2, 0.25) is 10.0 Å². The quantitative estimate of drug-likeness (QED) is 0.836. The first-order chi connectivity index (χ1) is 9.97. The van der Waals surface area contributed by atoms with Gasteiger partial charge in [-0.2, -0.15) is 0 Å². The SMILES string of the molecule is O=C(O)[C@@H]1C2C=CC(C2)[C@@H]1C(=O)Nc1ccc(Cl)cc1Cl. The van der Waals surface area contributed by atoms with Crippen molar-refractivity contribution in [1.82, 2.24) is 0 Å². The molecule has 1 aromatic rings. The molecule has 1 aromatic carbocycles. The molecule has 4 nitrogen and oxygen atoms in total. The van der Waals surface area contributed by atoms with E-state index < -0.39 is 17.8 Å². The van der Waals surface area contributed by atoms with Gasteiger partial charge in [0.2, 0.25) is 5.91 Å². The van der Waals surface area contributed by atoms with Crippen molar-refractivity contribution in [2.45, 2.75) is 6.42 Å². The van der Waals surface area contributed by atoms with Crippen molar-refractivity contribution in [2.75, 3.05) is 5.32 Å². The molecule has 6 heteroatoms. The van der Waals surface area contributed by atoms with E-state index >= 15 is 0 Å². The monoisotopic (exact) mass is 325 g/mol. The fourth-order valence-electron chi connectivity index (χ4n) is 3.32. The Morgan fingerprint density at radius 3 is 2.43 bits per heavy atom. The molecule has 1 saturated carbocycles. The van der Waals surface area contributed by atoms with Gasteiger partial charge in [0.1, 0.15) is 0 Å². The van der Waals surface area contributed by atoms with Crippen molar-refractivity contribution in [3.8, 4) is 0 Å². The number of amides is 1. The predicted octanol–water partition coefficient (Wildman–Crippen LogP) is 3.45. The number of carboxylic acid groups (broad SMARTS) is 1. The zero-order chi connectivity index (χ0) is 15.1. The summed E-state index contributed by atoms with van der Waals surface area (Å²) in [6.45, 7) is 0. The van der Waals surface area contributed by atoms with Crippen molar-refractivity contribution in [2.24, 2.45) is 23.7 Å². The third-order valence-electron chi connectivity index (χ3n) is 4.24. The van der Waals surface area contributed by atoms with Crippen molar-refractivity contribution in [3.05, 3.63) is 40.4 Å². The van der Waals surface area contributed by atoms with E-state index in [1.54, 1.807) is 12.1 Å². The summed E-state index contributed by atoms with van der Waals surface area (Å²) < 4.78 is 0. The van der Waals surface area contributed by atoms with Crippen LogP contribution in [0, 0.1) is 23.7 Å². The number of carboxylic acids is 1. The molecular weight excluding hydrogens is 313 g/mol. The largest absolute Gasteiger partial charge is 0.481 e. The Labute approximate surface area is 131 Å². The molecule has 0 radical (unpaired) electrons. The Morgan fingerprint density at radius 1 is 1.14 bits per heavy atom. The number of carbonyl (C=O) groups is 2. The molecule has 2 aliphatic rings. The lowest BCUT2D eigenvalue weighted by atomic mass is 9.82. The second-order valence-corrected chi connectivity index (χ2v) is 6.30. The number of benzene rings is 1. The molecule has 0 saturated heterocycles. The summed E-state index contributed by atoms with van der Waals surface area (Å²) in [6, 6.07) is 4.77. The molecular formula is C15H13Cl2NO3. The molecule has 0 aromatic heterocycles. The molecule has 21 heavy (non-hydrogen) atoms. The number of hydrogen-bond acceptors (Lipinski definition) is 2. The van der Waals surface area contributed by atoms with Crippen LogP contribution in [-0.2, 0) is 9.59 Å². The molecule has 2 N–H and O–H groups in total. The molecule has 0 heterocycles. The lowest BCUT2D eigenvalue weighted by Gasteiger charge is -2.24. The molecule has 1 amide bonds. The minimum absolute atomic E-state index is 0.0119. The number of rotatable bonds is 3. The smallest absolute Gasteiger partial charge is 0.307 e. The van der Waals surface area contributed by atoms with Gasteiger partial charge >= 0.3 is 5.97 Å². The summed E-state index contributed by atoms with van der Waals surface area (Å²) >= 11 is 11.8. The average molecular weight is 326 g/mol. The Kier molecular flexibility index (Phi) is 3.68. The van der Waals surface area contributed by atoms with Crippen LogP contribution in [-0.4, -0.2) is 17.0 Å². The molecule has 110 valence electrons. The average Bonchev–Trinajstić information content (AvgIpc) is 3.02. The van der Waals surface area contributed by atoms with Crippen LogP contribution in [0.5, 0.6) is 0 Å². The third kappa shape index (κ3) is 2.54. The fourth-order valence-corrected chi connectivity index (χ4v) is 3.78. The Hall–Kier alpha value is -1.52. The van der Waals surface area contributed by atoms with Crippen molar-refractivity contribution >= 4 is 40.8 Å². The standard InChI is InChI=1S/C15H13Cl2NO3/c16-9-3-4-11(10(17)6-9)18-14(19)12-7-1-2-8(5-7)13(12)15(20)21/h1-4,6-8,12-13H,5H2,(H,18,19)(H,20,21)/t7?,8?,12-,13+/m0/s1. The summed E-state index contributed by atoms with van der Waals surface area (Å²) in [7, 11) is 0. The zero-order valence-electron chi connectivity index (χ0n) is 10.9. The van der Waals surface area contributed by atoms with Gasteiger partial charge in [-0.1, -0.05) is 35.4 Å². The molecule has 2 unspecified atom stereocenters. The van der Waals surface area contributed by atoms with Gasteiger partial charge < -0.3 is 10.4 Å². The van der Waals surface area contributed by atoms with Gasteiger partial charge in [0, 0.05) is 5.02 Å². The Balaban J connectivity index is 1.82. The normalized spacial score (nSPS) is 29.6. The maximum Gasteiger partial charge on any atom is 0.307 e. The highest BCUT2D eigenvalue weighted by molar-refractivity contribution is 6.36. The highest BCUT2D eigenvalue weighted by Gasteiger charge is 2.51. The van der Waals surface area contributed by atoms with Crippen molar-refractivity contribution < 1.29 is 14.7 Å². The van der Waals surface area contributed by atoms with Gasteiger partial charge in [0.15, 0.2) is 0 Å². The highest BCUT2D eigenvalue weighted by Crippen LogP contribution is 2.48. The lowest BCUT2D eigenvalue weighted by molar-refractivity contribution is -0.146. The van der Waals surface area contributed by atoms with Gasteiger partial charge in [0.25, 0.3) is 0 Å². The molecule has 0 spiro atoms. The maximum atomic E-state index is 12.5. The first-order valence-electron chi connectivity index (χ1n) is 6.64. The Morgan fingerprint density at radius 2 is 1.81 bits per heavy atom. The van der Waals surface area contributed by atoms with Crippen LogP contribution in [0.25, 0.3) is 0 Å². The number of carbonyl (C=O) groups excluding carboxylic acids is 1. The number of allylic oxidation sites excluding steroid dienone is 2. The van der Waals surface area contributed by atoms with Gasteiger partial charge in [-0.25, -0.2) is 0 Å². The summed E-state index contributed by atoms with van der Waals surface area (Å²) in [4.78, 5) is 23.9. The molecule has 0 aliphatic heterocycles. The number of aliphatic carboxylic acids is 1. The first-order valence-corrected chi connectivity index (χ1v) is 7.40. The molecule has 2 aliphatic carbocycles. The van der Waals surface area contributed by atoms with Crippen LogP contribution in [0.1, 0.15) is 6.42 Å². The summed E-state index contributed by atoms with van der Waals surface area (Å²) in [5.74, 6) is -2.50. The molecule has 3 rings (SSSR count). The predicted molar refractivity (Wildman–Crippen MR) is 80.4 cm³/mol. The maximum absolute atomic E-state index is 12.5. The van der Waals surface area contributed by atoms with E-state index in [9.17, 15) is 14.7 Å². The van der Waals surface area contributed by atoms with Gasteiger partial charge in [0.05, 0.1) is 22.5 Å². The van der Waals surface area contributed by atoms with Crippen molar-refractivity contribution in [1.29, 1.82) is 0 Å². The summed E-state index contributed by atoms with van der Waals surface area (Å²) in [5, 5.41) is 12.9. The zero-order valence-corrected chi connectivity index (χ0v) is 12.4. The number of nitrogens with one attached hydrogen (secondary N) is 1. The van der Waals surface area contributed by atoms with Crippen LogP contribution in [0.3, 0.4) is 0 Å². The van der Waals surface area contributed by atoms with Gasteiger partial charge in [-0.15, -0.1) is 0 Å². The Bertz CT molecular complexity index is 644. The fraction of sp³-hybridized carbons (Fsp3) is 0.333. The molecule has 4 atom stereocenters. The minimum atomic E-state index is -0.922.